The molecule has 0 aliphatic carbocycles. The van der Waals surface area contributed by atoms with E-state index < -0.39 is 40.4 Å². The van der Waals surface area contributed by atoms with Crippen LogP contribution in [0.3, 0.4) is 0 Å². The zero-order valence-corrected chi connectivity index (χ0v) is 8.62. The molecule has 1 atom stereocenters. The van der Waals surface area contributed by atoms with E-state index in [0.29, 0.717) is 0 Å². The summed E-state index contributed by atoms with van der Waals surface area (Å²) in [6.07, 6.45) is -0.273. The van der Waals surface area contributed by atoms with Gasteiger partial charge in [0.05, 0.1) is 12.2 Å². The van der Waals surface area contributed by atoms with Crippen molar-refractivity contribution in [3.63, 3.8) is 0 Å². The Balaban J connectivity index is 2.78. The molecule has 2 nitrogen and oxygen atoms in total. The van der Waals surface area contributed by atoms with Gasteiger partial charge in [0, 0.05) is 12.7 Å². The van der Waals surface area contributed by atoms with E-state index in [2.05, 4.69) is 9.47 Å². The van der Waals surface area contributed by atoms with Crippen LogP contribution in [0.5, 0.6) is 0 Å². The quantitative estimate of drug-likeness (QED) is 0.435. The molecule has 17 heavy (non-hydrogen) atoms. The second kappa shape index (κ2) is 3.92. The SMILES string of the molecule is COC1(F)OCCc2c(F)c(F)c(F)c(F)c21. The van der Waals surface area contributed by atoms with Crippen LogP contribution >= 0.6 is 0 Å². The van der Waals surface area contributed by atoms with Crippen LogP contribution in [0.1, 0.15) is 11.1 Å². The number of fused-ring (bicyclic) bond motifs is 1. The van der Waals surface area contributed by atoms with Gasteiger partial charge in [-0.05, 0) is 6.42 Å². The van der Waals surface area contributed by atoms with Crippen LogP contribution in [-0.2, 0) is 21.9 Å². The Labute approximate surface area is 92.9 Å². The summed E-state index contributed by atoms with van der Waals surface area (Å²) in [5.41, 5.74) is -1.69. The third-order valence-corrected chi connectivity index (χ3v) is 2.57. The average molecular weight is 254 g/mol. The molecule has 0 aromatic heterocycles. The van der Waals surface area contributed by atoms with Crippen LogP contribution in [0.15, 0.2) is 0 Å². The Morgan fingerprint density at radius 3 is 2.24 bits per heavy atom. The van der Waals surface area contributed by atoms with E-state index in [4.69, 9.17) is 0 Å². The molecule has 0 saturated carbocycles. The maximum absolute atomic E-state index is 13.9. The van der Waals surface area contributed by atoms with Gasteiger partial charge in [0.2, 0.25) is 0 Å². The lowest BCUT2D eigenvalue weighted by Crippen LogP contribution is -2.35. The van der Waals surface area contributed by atoms with Gasteiger partial charge in [-0.1, -0.05) is 0 Å². The molecule has 1 aliphatic rings. The van der Waals surface area contributed by atoms with Crippen molar-refractivity contribution in [3.05, 3.63) is 34.4 Å². The predicted octanol–water partition coefficient (Wildman–Crippen LogP) is 2.54. The number of hydrogen-bond donors (Lipinski definition) is 0. The standard InChI is InChI=1S/C10H7F5O2/c1-16-10(15)5-4(2-3-17-10)6(11)8(13)9(14)7(5)12/h2-3H2,1H3. The van der Waals surface area contributed by atoms with Gasteiger partial charge in [-0.15, -0.1) is 0 Å². The van der Waals surface area contributed by atoms with E-state index in [9.17, 15) is 22.0 Å². The first-order valence-corrected chi connectivity index (χ1v) is 4.65. The Bertz CT molecular complexity index is 476. The van der Waals surface area contributed by atoms with Gasteiger partial charge in [-0.3, -0.25) is 0 Å². The van der Waals surface area contributed by atoms with Crippen LogP contribution in [0.2, 0.25) is 0 Å². The summed E-state index contributed by atoms with van der Waals surface area (Å²) in [4.78, 5) is 0. The molecule has 1 aromatic carbocycles. The number of hydrogen-bond acceptors (Lipinski definition) is 2. The topological polar surface area (TPSA) is 18.5 Å². The highest BCUT2D eigenvalue weighted by atomic mass is 19.2. The molecule has 0 bridgehead atoms. The number of ether oxygens (including phenoxy) is 2. The molecule has 1 unspecified atom stereocenters. The third-order valence-electron chi connectivity index (χ3n) is 2.57. The summed E-state index contributed by atoms with van der Waals surface area (Å²) in [6.45, 7) is -0.335. The number of alkyl halides is 1. The fourth-order valence-electron chi connectivity index (χ4n) is 1.74. The zero-order chi connectivity index (χ0) is 12.8. The molecule has 7 heteroatoms. The van der Waals surface area contributed by atoms with E-state index in [1.807, 2.05) is 0 Å². The van der Waals surface area contributed by atoms with Crippen molar-refractivity contribution >= 4 is 0 Å². The monoisotopic (exact) mass is 254 g/mol. The first-order valence-electron chi connectivity index (χ1n) is 4.65. The largest absolute Gasteiger partial charge is 0.351 e. The number of halogens is 5. The van der Waals surface area contributed by atoms with Gasteiger partial charge in [-0.25, -0.2) is 17.6 Å². The van der Waals surface area contributed by atoms with E-state index in [-0.39, 0.29) is 13.0 Å². The molecular weight excluding hydrogens is 247 g/mol. The first-order chi connectivity index (χ1) is 7.92. The molecule has 1 aliphatic heterocycles. The summed E-state index contributed by atoms with van der Waals surface area (Å²) in [5, 5.41) is 0. The molecule has 0 spiro atoms. The Kier molecular flexibility index (Phi) is 2.82. The summed E-state index contributed by atoms with van der Waals surface area (Å²) in [7, 11) is 0.841. The normalized spacial score (nSPS) is 23.6. The molecule has 94 valence electrons. The maximum atomic E-state index is 13.9. The molecule has 0 saturated heterocycles. The van der Waals surface area contributed by atoms with Crippen LogP contribution in [0.4, 0.5) is 22.0 Å². The summed E-state index contributed by atoms with van der Waals surface area (Å²) >= 11 is 0. The van der Waals surface area contributed by atoms with Crippen molar-refractivity contribution in [1.29, 1.82) is 0 Å². The smallest absolute Gasteiger partial charge is 0.323 e. The van der Waals surface area contributed by atoms with Gasteiger partial charge in [0.1, 0.15) is 0 Å². The van der Waals surface area contributed by atoms with E-state index in [1.165, 1.54) is 0 Å². The maximum Gasteiger partial charge on any atom is 0.351 e. The van der Waals surface area contributed by atoms with Crippen LogP contribution in [-0.4, -0.2) is 13.7 Å². The van der Waals surface area contributed by atoms with Crippen molar-refractivity contribution in [3.8, 4) is 0 Å². The highest BCUT2D eigenvalue weighted by molar-refractivity contribution is 5.36. The second-order valence-electron chi connectivity index (χ2n) is 3.45. The minimum absolute atomic E-state index is 0.273. The molecule has 1 aromatic rings. The predicted molar refractivity (Wildman–Crippen MR) is 45.7 cm³/mol. The molecule has 0 radical (unpaired) electrons. The van der Waals surface area contributed by atoms with Gasteiger partial charge >= 0.3 is 6.04 Å². The second-order valence-corrected chi connectivity index (χ2v) is 3.45. The number of benzene rings is 1. The minimum atomic E-state index is -3.10. The molecular formula is C10H7F5O2. The summed E-state index contributed by atoms with van der Waals surface area (Å²) in [6, 6.07) is -3.10. The van der Waals surface area contributed by atoms with Gasteiger partial charge in [-0.2, -0.15) is 4.39 Å². The van der Waals surface area contributed by atoms with E-state index in [0.717, 1.165) is 7.11 Å². The van der Waals surface area contributed by atoms with Crippen molar-refractivity contribution in [2.45, 2.75) is 12.5 Å². The highest BCUT2D eigenvalue weighted by Gasteiger charge is 2.45. The minimum Gasteiger partial charge on any atom is -0.323 e. The molecule has 1 heterocycles. The van der Waals surface area contributed by atoms with Gasteiger partial charge in [0.25, 0.3) is 0 Å². The Morgan fingerprint density at radius 1 is 1.06 bits per heavy atom. The van der Waals surface area contributed by atoms with Crippen LogP contribution in [0, 0.1) is 23.3 Å². The molecule has 0 amide bonds. The van der Waals surface area contributed by atoms with Crippen molar-refractivity contribution in [2.24, 2.45) is 0 Å². The zero-order valence-electron chi connectivity index (χ0n) is 8.62. The lowest BCUT2D eigenvalue weighted by molar-refractivity contribution is -0.323. The van der Waals surface area contributed by atoms with Crippen molar-refractivity contribution in [2.75, 3.05) is 13.7 Å². The van der Waals surface area contributed by atoms with Crippen molar-refractivity contribution < 1.29 is 31.4 Å². The number of rotatable bonds is 1. The Morgan fingerprint density at radius 2 is 1.65 bits per heavy atom. The van der Waals surface area contributed by atoms with Gasteiger partial charge in [0.15, 0.2) is 23.3 Å². The number of methoxy groups -OCH3 is 1. The lowest BCUT2D eigenvalue weighted by Gasteiger charge is -2.30. The van der Waals surface area contributed by atoms with E-state index in [1.54, 1.807) is 0 Å². The average Bonchev–Trinajstić information content (AvgIpc) is 2.33. The molecule has 0 fully saturated rings. The van der Waals surface area contributed by atoms with Crippen LogP contribution in [0.25, 0.3) is 0 Å². The Hall–Kier alpha value is -1.21. The third kappa shape index (κ3) is 1.61. The summed E-state index contributed by atoms with van der Waals surface area (Å²) < 4.78 is 75.3. The van der Waals surface area contributed by atoms with Crippen molar-refractivity contribution in [1.82, 2.24) is 0 Å². The molecule has 0 N–H and O–H groups in total. The fraction of sp³-hybridized carbons (Fsp3) is 0.400. The van der Waals surface area contributed by atoms with Gasteiger partial charge < -0.3 is 9.47 Å². The fourth-order valence-corrected chi connectivity index (χ4v) is 1.74. The summed E-state index contributed by atoms with van der Waals surface area (Å²) in [5.74, 6) is -7.53. The highest BCUT2D eigenvalue weighted by Crippen LogP contribution is 2.39. The first kappa shape index (κ1) is 12.3. The van der Waals surface area contributed by atoms with Crippen LogP contribution < -0.4 is 0 Å². The molecule has 2 rings (SSSR count). The van der Waals surface area contributed by atoms with E-state index >= 15 is 0 Å². The lowest BCUT2D eigenvalue weighted by atomic mass is 9.99.